The molecule has 0 fully saturated rings. The van der Waals surface area contributed by atoms with Crippen molar-refractivity contribution in [2.45, 2.75) is 0 Å². The summed E-state index contributed by atoms with van der Waals surface area (Å²) in [6.45, 7) is 0. The van der Waals surface area contributed by atoms with Crippen LogP contribution in [-0.4, -0.2) is 0 Å². The van der Waals surface area contributed by atoms with E-state index >= 15 is 0 Å². The van der Waals surface area contributed by atoms with Crippen LogP contribution in [0.1, 0.15) is 0 Å². The number of hydrogen-bond donors (Lipinski definition) is 0. The fourth-order valence-corrected chi connectivity index (χ4v) is 11.3. The second-order valence-electron chi connectivity index (χ2n) is 14.4. The Morgan fingerprint density at radius 2 is 0.759 bits per heavy atom. The van der Waals surface area contributed by atoms with Crippen molar-refractivity contribution >= 4 is 106 Å². The third-order valence-corrected chi connectivity index (χ3v) is 13.8. The predicted octanol–water partition coefficient (Wildman–Crippen LogP) is 16.0. The van der Waals surface area contributed by atoms with Gasteiger partial charge in [-0.05, 0) is 107 Å². The standard InChI is InChI=1S/C52H30S2/c1-2-10-32(11-3-1)48-38-12-4-6-14-40(38)49(41-15-7-5-13-39(41)48)37-23-22-33-28-34(20-21-35(33)29-37)36-19-18-31-24-25-43-51-47(54-52(43)44(31)30-36)27-26-46-50(51)42-16-8-9-17-45(42)53-46/h1-30H. The van der Waals surface area contributed by atoms with Gasteiger partial charge in [0.2, 0.25) is 0 Å². The number of hydrogen-bond acceptors (Lipinski definition) is 2. The summed E-state index contributed by atoms with van der Waals surface area (Å²) in [6, 6.07) is 67.7. The summed E-state index contributed by atoms with van der Waals surface area (Å²) in [6.07, 6.45) is 0. The highest BCUT2D eigenvalue weighted by Gasteiger charge is 2.18. The van der Waals surface area contributed by atoms with Crippen molar-refractivity contribution in [3.63, 3.8) is 0 Å². The van der Waals surface area contributed by atoms with Gasteiger partial charge < -0.3 is 0 Å². The number of thiophene rings is 2. The Morgan fingerprint density at radius 1 is 0.259 bits per heavy atom. The minimum Gasteiger partial charge on any atom is -0.135 e. The molecule has 12 aromatic rings. The molecule has 0 aliphatic heterocycles. The van der Waals surface area contributed by atoms with Crippen molar-refractivity contribution in [3.8, 4) is 33.4 Å². The lowest BCUT2D eigenvalue weighted by molar-refractivity contribution is 1.66. The molecule has 0 radical (unpaired) electrons. The van der Waals surface area contributed by atoms with E-state index in [0.29, 0.717) is 0 Å². The zero-order valence-corrected chi connectivity index (χ0v) is 30.8. The summed E-state index contributed by atoms with van der Waals surface area (Å²) in [5.74, 6) is 0. The van der Waals surface area contributed by atoms with Gasteiger partial charge in [0.25, 0.3) is 0 Å². The smallest absolute Gasteiger partial charge is 0.0434 e. The molecule has 12 rings (SSSR count). The molecule has 0 spiro atoms. The van der Waals surface area contributed by atoms with Crippen LogP contribution in [0.4, 0.5) is 0 Å². The fourth-order valence-electron chi connectivity index (χ4n) is 8.97. The minimum atomic E-state index is 1.24. The van der Waals surface area contributed by atoms with E-state index in [0.717, 1.165) is 0 Å². The average Bonchev–Trinajstić information content (AvgIpc) is 3.81. The maximum atomic E-state index is 2.41. The van der Waals surface area contributed by atoms with Crippen LogP contribution in [-0.2, 0) is 0 Å². The topological polar surface area (TPSA) is 0 Å². The maximum absolute atomic E-state index is 2.41. The molecule has 250 valence electrons. The summed E-state index contributed by atoms with van der Waals surface area (Å²) in [5.41, 5.74) is 7.57. The highest BCUT2D eigenvalue weighted by molar-refractivity contribution is 7.28. The first-order valence-electron chi connectivity index (χ1n) is 18.5. The first kappa shape index (κ1) is 30.2. The van der Waals surface area contributed by atoms with Crippen LogP contribution in [0.2, 0.25) is 0 Å². The quantitative estimate of drug-likeness (QED) is 0.160. The van der Waals surface area contributed by atoms with E-state index in [1.54, 1.807) is 0 Å². The fraction of sp³-hybridized carbons (Fsp3) is 0. The Morgan fingerprint density at radius 3 is 1.46 bits per heavy atom. The molecule has 0 amide bonds. The molecule has 0 aliphatic carbocycles. The first-order chi connectivity index (χ1) is 26.8. The van der Waals surface area contributed by atoms with Gasteiger partial charge in [-0.3, -0.25) is 0 Å². The van der Waals surface area contributed by atoms with Crippen molar-refractivity contribution in [2.75, 3.05) is 0 Å². The molecule has 2 heteroatoms. The van der Waals surface area contributed by atoms with Gasteiger partial charge in [-0.25, -0.2) is 0 Å². The van der Waals surface area contributed by atoms with Crippen molar-refractivity contribution < 1.29 is 0 Å². The van der Waals surface area contributed by atoms with Gasteiger partial charge in [0, 0.05) is 45.7 Å². The van der Waals surface area contributed by atoms with Crippen LogP contribution in [0, 0.1) is 0 Å². The van der Waals surface area contributed by atoms with Crippen molar-refractivity contribution in [1.29, 1.82) is 0 Å². The van der Waals surface area contributed by atoms with Crippen molar-refractivity contribution in [3.05, 3.63) is 182 Å². The molecular formula is C52H30S2. The van der Waals surface area contributed by atoms with E-state index in [4.69, 9.17) is 0 Å². The normalized spacial score (nSPS) is 12.1. The molecule has 0 saturated heterocycles. The lowest BCUT2D eigenvalue weighted by Gasteiger charge is -2.18. The van der Waals surface area contributed by atoms with Crippen LogP contribution in [0.3, 0.4) is 0 Å². The van der Waals surface area contributed by atoms with E-state index in [2.05, 4.69) is 182 Å². The monoisotopic (exact) mass is 718 g/mol. The summed E-state index contributed by atoms with van der Waals surface area (Å²) in [7, 11) is 0. The number of benzene rings is 10. The Bertz CT molecular complexity index is 3430. The number of rotatable bonds is 3. The third-order valence-electron chi connectivity index (χ3n) is 11.4. The Hall–Kier alpha value is -6.32. The van der Waals surface area contributed by atoms with Crippen LogP contribution >= 0.6 is 22.7 Å². The molecule has 10 aromatic carbocycles. The third kappa shape index (κ3) is 4.42. The SMILES string of the molecule is c1ccc(-c2c3ccccc3c(-c3ccc4cc(-c5ccc6ccc7c(sc8ccc9sc%10ccccc%10c9c87)c6c5)ccc4c3)c3ccccc23)cc1. The molecule has 54 heavy (non-hydrogen) atoms. The molecule has 0 aliphatic rings. The van der Waals surface area contributed by atoms with Gasteiger partial charge in [-0.15, -0.1) is 22.7 Å². The molecule has 0 atom stereocenters. The largest absolute Gasteiger partial charge is 0.135 e. The van der Waals surface area contributed by atoms with Gasteiger partial charge in [0.05, 0.1) is 0 Å². The van der Waals surface area contributed by atoms with Gasteiger partial charge in [-0.2, -0.15) is 0 Å². The van der Waals surface area contributed by atoms with Crippen LogP contribution in [0.25, 0.3) is 117 Å². The maximum Gasteiger partial charge on any atom is 0.0434 e. The number of fused-ring (bicyclic) bond motifs is 12. The van der Waals surface area contributed by atoms with Gasteiger partial charge in [0.1, 0.15) is 0 Å². The van der Waals surface area contributed by atoms with E-state index in [-0.39, 0.29) is 0 Å². The van der Waals surface area contributed by atoms with Gasteiger partial charge in [0.15, 0.2) is 0 Å². The van der Waals surface area contributed by atoms with E-state index in [1.807, 2.05) is 22.7 Å². The molecule has 0 unspecified atom stereocenters. The lowest BCUT2D eigenvalue weighted by Crippen LogP contribution is -1.90. The summed E-state index contributed by atoms with van der Waals surface area (Å²) in [4.78, 5) is 0. The highest BCUT2D eigenvalue weighted by Crippen LogP contribution is 2.47. The zero-order valence-electron chi connectivity index (χ0n) is 29.1. The molecule has 2 aromatic heterocycles. The Labute approximate surface area is 319 Å². The molecule has 2 heterocycles. The highest BCUT2D eigenvalue weighted by atomic mass is 32.1. The predicted molar refractivity (Wildman–Crippen MR) is 239 cm³/mol. The summed E-state index contributed by atoms with van der Waals surface area (Å²) < 4.78 is 5.45. The average molecular weight is 719 g/mol. The lowest BCUT2D eigenvalue weighted by atomic mass is 9.85. The second-order valence-corrected chi connectivity index (χ2v) is 16.5. The van der Waals surface area contributed by atoms with Crippen molar-refractivity contribution in [1.82, 2.24) is 0 Å². The van der Waals surface area contributed by atoms with E-state index in [9.17, 15) is 0 Å². The van der Waals surface area contributed by atoms with E-state index in [1.165, 1.54) is 117 Å². The molecule has 0 N–H and O–H groups in total. The molecule has 0 bridgehead atoms. The molecular weight excluding hydrogens is 689 g/mol. The van der Waals surface area contributed by atoms with Crippen molar-refractivity contribution in [2.24, 2.45) is 0 Å². The Kier molecular flexibility index (Phi) is 6.48. The molecule has 0 saturated carbocycles. The zero-order chi connectivity index (χ0) is 35.3. The first-order valence-corrected chi connectivity index (χ1v) is 20.1. The van der Waals surface area contributed by atoms with Crippen LogP contribution in [0.15, 0.2) is 182 Å². The second kappa shape index (κ2) is 11.6. The van der Waals surface area contributed by atoms with E-state index < -0.39 is 0 Å². The minimum absolute atomic E-state index is 1.24. The van der Waals surface area contributed by atoms with Gasteiger partial charge in [-0.1, -0.05) is 146 Å². The Balaban J connectivity index is 1.00. The van der Waals surface area contributed by atoms with Crippen LogP contribution in [0.5, 0.6) is 0 Å². The molecule has 0 nitrogen and oxygen atoms in total. The summed E-state index contributed by atoms with van der Waals surface area (Å²) >= 11 is 3.83. The van der Waals surface area contributed by atoms with Gasteiger partial charge >= 0.3 is 0 Å². The summed E-state index contributed by atoms with van der Waals surface area (Å²) in [5, 5.41) is 15.7. The van der Waals surface area contributed by atoms with Crippen LogP contribution < -0.4 is 0 Å².